The first kappa shape index (κ1) is 12.0. The lowest BCUT2D eigenvalue weighted by Crippen LogP contribution is -2.17. The summed E-state index contributed by atoms with van der Waals surface area (Å²) in [6.45, 7) is 6.43. The van der Waals surface area contributed by atoms with E-state index in [1.54, 1.807) is 6.08 Å². The molecule has 1 aliphatic rings. The van der Waals surface area contributed by atoms with Gasteiger partial charge in [-0.05, 0) is 41.0 Å². The third kappa shape index (κ3) is 1.60. The average molecular weight is 251 g/mol. The van der Waals surface area contributed by atoms with Crippen molar-refractivity contribution in [2.24, 2.45) is 0 Å². The molecule has 0 saturated carbocycles. The van der Waals surface area contributed by atoms with Crippen molar-refractivity contribution in [3.63, 3.8) is 0 Å². The van der Waals surface area contributed by atoms with Gasteiger partial charge in [0.25, 0.3) is 0 Å². The van der Waals surface area contributed by atoms with Gasteiger partial charge in [-0.25, -0.2) is 0 Å². The van der Waals surface area contributed by atoms with Crippen LogP contribution >= 0.6 is 0 Å². The summed E-state index contributed by atoms with van der Waals surface area (Å²) in [7, 11) is 0. The van der Waals surface area contributed by atoms with Crippen LogP contribution in [-0.2, 0) is 10.2 Å². The highest BCUT2D eigenvalue weighted by molar-refractivity contribution is 5.96. The number of carbonyl (C=O) groups excluding carboxylic acids is 1. The van der Waals surface area contributed by atoms with E-state index in [9.17, 15) is 4.79 Å². The number of aldehydes is 1. The van der Waals surface area contributed by atoms with Crippen LogP contribution in [0.5, 0.6) is 0 Å². The highest BCUT2D eigenvalue weighted by atomic mass is 16.1. The van der Waals surface area contributed by atoms with Crippen LogP contribution in [-0.4, -0.2) is 6.29 Å². The molecule has 0 unspecified atom stereocenters. The molecular formula is C17H17NO. The Kier molecular flexibility index (Phi) is 2.49. The molecule has 2 nitrogen and oxygen atoms in total. The summed E-state index contributed by atoms with van der Waals surface area (Å²) < 4.78 is 0. The van der Waals surface area contributed by atoms with E-state index in [0.29, 0.717) is 0 Å². The molecule has 1 aliphatic heterocycles. The number of nitrogens with one attached hydrogen (secondary N) is 1. The van der Waals surface area contributed by atoms with Crippen LogP contribution in [0, 0.1) is 6.92 Å². The summed E-state index contributed by atoms with van der Waals surface area (Å²) in [5, 5.41) is 5.93. The summed E-state index contributed by atoms with van der Waals surface area (Å²) in [5.74, 6) is 0. The molecule has 2 aromatic rings. The minimum atomic E-state index is -0.165. The molecule has 0 aliphatic carbocycles. The Morgan fingerprint density at radius 3 is 2.68 bits per heavy atom. The van der Waals surface area contributed by atoms with Crippen LogP contribution in [0.2, 0.25) is 0 Å². The van der Waals surface area contributed by atoms with Gasteiger partial charge in [0.15, 0.2) is 0 Å². The fourth-order valence-corrected chi connectivity index (χ4v) is 3.04. The molecular weight excluding hydrogens is 234 g/mol. The molecule has 0 spiro atoms. The number of aryl methyl sites for hydroxylation is 1. The average Bonchev–Trinajstić information content (AvgIpc) is 2.64. The van der Waals surface area contributed by atoms with E-state index < -0.39 is 0 Å². The van der Waals surface area contributed by atoms with Crippen LogP contribution in [0.25, 0.3) is 10.8 Å². The zero-order valence-corrected chi connectivity index (χ0v) is 11.4. The van der Waals surface area contributed by atoms with Crippen molar-refractivity contribution in [3.8, 4) is 0 Å². The van der Waals surface area contributed by atoms with Crippen molar-refractivity contribution < 1.29 is 4.79 Å². The maximum atomic E-state index is 10.8. The minimum absolute atomic E-state index is 0.165. The Morgan fingerprint density at radius 2 is 1.95 bits per heavy atom. The number of benzene rings is 2. The Balaban J connectivity index is 2.41. The number of anilines is 1. The van der Waals surface area contributed by atoms with E-state index in [2.05, 4.69) is 56.4 Å². The molecule has 0 radical (unpaired) electrons. The van der Waals surface area contributed by atoms with Gasteiger partial charge in [-0.3, -0.25) is 4.79 Å². The fraction of sp³-hybridized carbons (Fsp3) is 0.235. The molecule has 0 bridgehead atoms. The Bertz CT molecular complexity index is 711. The first-order chi connectivity index (χ1) is 9.05. The maximum Gasteiger partial charge on any atom is 0.144 e. The van der Waals surface area contributed by atoms with Gasteiger partial charge in [0, 0.05) is 16.8 Å². The first-order valence-electron chi connectivity index (χ1n) is 6.51. The Morgan fingerprint density at radius 1 is 1.21 bits per heavy atom. The van der Waals surface area contributed by atoms with Gasteiger partial charge >= 0.3 is 0 Å². The van der Waals surface area contributed by atoms with Crippen LogP contribution in [0.3, 0.4) is 0 Å². The molecule has 0 amide bonds. The third-order valence-corrected chi connectivity index (χ3v) is 4.04. The number of carbonyl (C=O) groups is 1. The topological polar surface area (TPSA) is 29.1 Å². The SMILES string of the molecule is Cc1cc2ccccc2c2c1NC(=CC=O)C2(C)C. The lowest BCUT2D eigenvalue weighted by atomic mass is 9.80. The zero-order chi connectivity index (χ0) is 13.6. The van der Waals surface area contributed by atoms with Gasteiger partial charge in [-0.1, -0.05) is 38.1 Å². The fourth-order valence-electron chi connectivity index (χ4n) is 3.04. The molecule has 0 saturated heterocycles. The van der Waals surface area contributed by atoms with Crippen LogP contribution in [0.1, 0.15) is 25.0 Å². The predicted molar refractivity (Wildman–Crippen MR) is 79.5 cm³/mol. The number of hydrogen-bond acceptors (Lipinski definition) is 2. The van der Waals surface area contributed by atoms with Gasteiger partial charge in [0.2, 0.25) is 0 Å². The summed E-state index contributed by atoms with van der Waals surface area (Å²) >= 11 is 0. The lowest BCUT2D eigenvalue weighted by molar-refractivity contribution is -0.104. The molecule has 1 heterocycles. The molecule has 3 rings (SSSR count). The van der Waals surface area contributed by atoms with Gasteiger partial charge in [-0.15, -0.1) is 0 Å². The van der Waals surface area contributed by atoms with Crippen molar-refractivity contribution in [1.82, 2.24) is 0 Å². The molecule has 19 heavy (non-hydrogen) atoms. The lowest BCUT2D eigenvalue weighted by Gasteiger charge is -2.21. The van der Waals surface area contributed by atoms with Crippen molar-refractivity contribution >= 4 is 22.7 Å². The molecule has 1 N–H and O–H groups in total. The van der Waals surface area contributed by atoms with Crippen molar-refractivity contribution in [2.45, 2.75) is 26.2 Å². The van der Waals surface area contributed by atoms with E-state index in [0.717, 1.165) is 17.7 Å². The monoisotopic (exact) mass is 251 g/mol. The van der Waals surface area contributed by atoms with Crippen molar-refractivity contribution in [3.05, 3.63) is 53.2 Å². The van der Waals surface area contributed by atoms with E-state index in [1.807, 2.05) is 0 Å². The Hall–Kier alpha value is -2.09. The van der Waals surface area contributed by atoms with Crippen LogP contribution < -0.4 is 5.32 Å². The number of fused-ring (bicyclic) bond motifs is 3. The largest absolute Gasteiger partial charge is 0.358 e. The van der Waals surface area contributed by atoms with Gasteiger partial charge in [-0.2, -0.15) is 0 Å². The molecule has 0 atom stereocenters. The standard InChI is InChI=1S/C17H17NO/c1-11-10-12-6-4-5-7-13(12)15-16(11)18-14(8-9-19)17(15,2)3/h4-10,18H,1-3H3. The van der Waals surface area contributed by atoms with E-state index in [4.69, 9.17) is 0 Å². The Labute approximate surface area is 113 Å². The van der Waals surface area contributed by atoms with Crippen molar-refractivity contribution in [2.75, 3.05) is 5.32 Å². The second kappa shape index (κ2) is 3.95. The maximum absolute atomic E-state index is 10.8. The smallest absolute Gasteiger partial charge is 0.144 e. The van der Waals surface area contributed by atoms with E-state index in [-0.39, 0.29) is 5.41 Å². The highest BCUT2D eigenvalue weighted by Crippen LogP contribution is 2.48. The minimum Gasteiger partial charge on any atom is -0.358 e. The molecule has 0 fully saturated rings. The summed E-state index contributed by atoms with van der Waals surface area (Å²) in [5.41, 5.74) is 4.46. The molecule has 2 heteroatoms. The summed E-state index contributed by atoms with van der Waals surface area (Å²) in [6.07, 6.45) is 2.49. The number of rotatable bonds is 1. The first-order valence-corrected chi connectivity index (χ1v) is 6.51. The number of allylic oxidation sites excluding steroid dienone is 2. The second-order valence-corrected chi connectivity index (χ2v) is 5.63. The molecule has 2 aromatic carbocycles. The molecule has 96 valence electrons. The normalized spacial score (nSPS) is 18.4. The predicted octanol–water partition coefficient (Wildman–Crippen LogP) is 3.93. The zero-order valence-electron chi connectivity index (χ0n) is 11.4. The van der Waals surface area contributed by atoms with Gasteiger partial charge in [0.1, 0.15) is 6.29 Å². The van der Waals surface area contributed by atoms with Crippen molar-refractivity contribution in [1.29, 1.82) is 0 Å². The highest BCUT2D eigenvalue weighted by Gasteiger charge is 2.36. The quantitative estimate of drug-likeness (QED) is 0.614. The van der Waals surface area contributed by atoms with E-state index in [1.165, 1.54) is 21.9 Å². The van der Waals surface area contributed by atoms with Gasteiger partial charge < -0.3 is 5.32 Å². The summed E-state index contributed by atoms with van der Waals surface area (Å²) in [6, 6.07) is 10.6. The summed E-state index contributed by atoms with van der Waals surface area (Å²) in [4.78, 5) is 10.8. The van der Waals surface area contributed by atoms with E-state index >= 15 is 0 Å². The number of hydrogen-bond donors (Lipinski definition) is 1. The van der Waals surface area contributed by atoms with Crippen LogP contribution in [0.15, 0.2) is 42.1 Å². The third-order valence-electron chi connectivity index (χ3n) is 4.04. The molecule has 0 aromatic heterocycles. The van der Waals surface area contributed by atoms with Crippen LogP contribution in [0.4, 0.5) is 5.69 Å². The second-order valence-electron chi connectivity index (χ2n) is 5.63. The van der Waals surface area contributed by atoms with Gasteiger partial charge in [0.05, 0.1) is 0 Å².